The summed E-state index contributed by atoms with van der Waals surface area (Å²) in [5, 5.41) is 12.3. The van der Waals surface area contributed by atoms with Crippen LogP contribution in [0.2, 0.25) is 0 Å². The second-order valence-electron chi connectivity index (χ2n) is 10.4. The Morgan fingerprint density at radius 2 is 1.43 bits per heavy atom. The van der Waals surface area contributed by atoms with Crippen LogP contribution in [-0.2, 0) is 0 Å². The van der Waals surface area contributed by atoms with Crippen LogP contribution in [0.25, 0.3) is 10.8 Å². The summed E-state index contributed by atoms with van der Waals surface area (Å²) >= 11 is 0. The molecule has 9 heteroatoms. The molecular formula is C31H39Cl2N3O4. The molecule has 0 radical (unpaired) electrons. The topological polar surface area (TPSA) is 73.3 Å². The fourth-order valence-electron chi connectivity index (χ4n) is 5.50. The first-order valence-corrected chi connectivity index (χ1v) is 13.7. The third kappa shape index (κ3) is 6.78. The maximum atomic E-state index is 13.1. The summed E-state index contributed by atoms with van der Waals surface area (Å²) in [4.78, 5) is 32.2. The Labute approximate surface area is 248 Å². The van der Waals surface area contributed by atoms with Gasteiger partial charge in [0.2, 0.25) is 0 Å². The van der Waals surface area contributed by atoms with Gasteiger partial charge in [0, 0.05) is 62.3 Å². The van der Waals surface area contributed by atoms with E-state index >= 15 is 0 Å². The number of halogens is 2. The number of para-hydroxylation sites is 1. The smallest absolute Gasteiger partial charge is 0.261 e. The molecule has 2 aliphatic heterocycles. The van der Waals surface area contributed by atoms with E-state index in [0.29, 0.717) is 36.7 Å². The second kappa shape index (κ2) is 14.3. The lowest BCUT2D eigenvalue weighted by atomic mass is 9.94. The molecule has 0 spiro atoms. The number of benzene rings is 3. The van der Waals surface area contributed by atoms with Crippen molar-refractivity contribution in [3.8, 4) is 5.75 Å². The molecule has 1 saturated heterocycles. The summed E-state index contributed by atoms with van der Waals surface area (Å²) in [6.45, 7) is 9.49. The van der Waals surface area contributed by atoms with Crippen LogP contribution in [0.5, 0.6) is 5.75 Å². The Bertz CT molecular complexity index is 1260. The fraction of sp³-hybridized carbons (Fsp3) is 0.419. The van der Waals surface area contributed by atoms with Gasteiger partial charge in [0.15, 0.2) is 0 Å². The molecular weight excluding hydrogens is 549 g/mol. The summed E-state index contributed by atoms with van der Waals surface area (Å²) in [5.41, 5.74) is 2.39. The highest BCUT2D eigenvalue weighted by atomic mass is 35.5. The van der Waals surface area contributed by atoms with Crippen LogP contribution < -0.4 is 4.74 Å². The van der Waals surface area contributed by atoms with Crippen molar-refractivity contribution in [1.82, 2.24) is 14.7 Å². The van der Waals surface area contributed by atoms with Crippen molar-refractivity contribution in [3.05, 3.63) is 77.4 Å². The van der Waals surface area contributed by atoms with Gasteiger partial charge in [0.25, 0.3) is 11.8 Å². The summed E-state index contributed by atoms with van der Waals surface area (Å²) in [7, 11) is 0. The van der Waals surface area contributed by atoms with E-state index < -0.39 is 6.10 Å². The Kier molecular flexibility index (Phi) is 11.4. The van der Waals surface area contributed by atoms with Gasteiger partial charge in [-0.05, 0) is 41.5 Å². The maximum Gasteiger partial charge on any atom is 0.261 e. The van der Waals surface area contributed by atoms with Crippen LogP contribution in [0.15, 0.2) is 60.7 Å². The van der Waals surface area contributed by atoms with Gasteiger partial charge in [-0.1, -0.05) is 56.3 Å². The van der Waals surface area contributed by atoms with Crippen LogP contribution in [0.4, 0.5) is 0 Å². The quantitative estimate of drug-likeness (QED) is 0.342. The highest BCUT2D eigenvalue weighted by Crippen LogP contribution is 2.30. The number of hydrogen-bond acceptors (Lipinski definition) is 6. The molecule has 2 amide bonds. The van der Waals surface area contributed by atoms with Crippen molar-refractivity contribution in [2.24, 2.45) is 0 Å². The molecule has 40 heavy (non-hydrogen) atoms. The summed E-state index contributed by atoms with van der Waals surface area (Å²) in [6.07, 6.45) is 0.467. The highest BCUT2D eigenvalue weighted by Gasteiger charge is 2.33. The minimum absolute atomic E-state index is 0. The van der Waals surface area contributed by atoms with E-state index in [1.54, 1.807) is 0 Å². The molecule has 7 nitrogen and oxygen atoms in total. The van der Waals surface area contributed by atoms with Crippen molar-refractivity contribution >= 4 is 47.4 Å². The fourth-order valence-corrected chi connectivity index (χ4v) is 5.50. The van der Waals surface area contributed by atoms with E-state index in [1.165, 1.54) is 10.5 Å². The number of carbonyl (C=O) groups is 2. The van der Waals surface area contributed by atoms with Crippen LogP contribution in [0, 0.1) is 0 Å². The number of rotatable bonds is 10. The number of β-amino-alcohol motifs (C(OH)–C–C–N with tert-alkyl or cyclic N) is 1. The molecule has 1 fully saturated rings. The first-order chi connectivity index (χ1) is 18.5. The number of nitrogens with zero attached hydrogens (tertiary/aromatic N) is 3. The predicted octanol–water partition coefficient (Wildman–Crippen LogP) is 4.85. The number of imide groups is 1. The Balaban J connectivity index is 0.00000220. The van der Waals surface area contributed by atoms with Gasteiger partial charge < -0.3 is 9.84 Å². The lowest BCUT2D eigenvalue weighted by Crippen LogP contribution is -2.51. The monoisotopic (exact) mass is 587 g/mol. The molecule has 2 heterocycles. The average Bonchev–Trinajstić information content (AvgIpc) is 2.95. The minimum atomic E-state index is -0.571. The third-order valence-electron chi connectivity index (χ3n) is 7.92. The second-order valence-corrected chi connectivity index (χ2v) is 10.4. The SMILES string of the molecule is CCC(C)c1ccccc1OCC(O)CN1CCN(CCN2C(=O)c3cccc4cccc(c34)C2=O)CC1.Cl.Cl. The number of piperazine rings is 1. The lowest BCUT2D eigenvalue weighted by molar-refractivity contribution is 0.0414. The molecule has 3 aromatic carbocycles. The van der Waals surface area contributed by atoms with Gasteiger partial charge in [0.1, 0.15) is 18.5 Å². The van der Waals surface area contributed by atoms with Crippen molar-refractivity contribution in [3.63, 3.8) is 0 Å². The summed E-state index contributed by atoms with van der Waals surface area (Å²) < 4.78 is 6.00. The van der Waals surface area contributed by atoms with Gasteiger partial charge in [-0.25, -0.2) is 0 Å². The average molecular weight is 589 g/mol. The number of carbonyl (C=O) groups excluding carboxylic acids is 2. The third-order valence-corrected chi connectivity index (χ3v) is 7.92. The van der Waals surface area contributed by atoms with E-state index in [0.717, 1.165) is 49.1 Å². The standard InChI is InChI=1S/C31H37N3O4.2ClH/c1-3-22(2)25-10-4-5-13-28(25)38-21-24(35)20-33-16-14-32(15-17-33)18-19-34-30(36)26-11-6-8-23-9-7-12-27(29(23)26)31(34)37;;/h4-13,22,24,35H,3,14-21H2,1-2H3;2*1H. The van der Waals surface area contributed by atoms with E-state index in [-0.39, 0.29) is 43.2 Å². The predicted molar refractivity (Wildman–Crippen MR) is 163 cm³/mol. The number of amides is 2. The molecule has 0 aromatic heterocycles. The Morgan fingerprint density at radius 1 is 0.825 bits per heavy atom. The normalized spacial score (nSPS) is 17.2. The molecule has 1 N–H and O–H groups in total. The van der Waals surface area contributed by atoms with Crippen LogP contribution in [-0.4, -0.2) is 90.1 Å². The van der Waals surface area contributed by atoms with E-state index in [9.17, 15) is 14.7 Å². The number of aliphatic hydroxyl groups is 1. The zero-order valence-electron chi connectivity index (χ0n) is 23.1. The van der Waals surface area contributed by atoms with Crippen LogP contribution >= 0.6 is 24.8 Å². The Morgan fingerprint density at radius 3 is 2.05 bits per heavy atom. The Hall–Kier alpha value is -2.68. The summed E-state index contributed by atoms with van der Waals surface area (Å²) in [6, 6.07) is 19.3. The largest absolute Gasteiger partial charge is 0.491 e. The van der Waals surface area contributed by atoms with Gasteiger partial charge in [-0.2, -0.15) is 0 Å². The number of hydrogen-bond donors (Lipinski definition) is 1. The molecule has 2 atom stereocenters. The van der Waals surface area contributed by atoms with Crippen LogP contribution in [0.1, 0.15) is 52.5 Å². The van der Waals surface area contributed by atoms with Gasteiger partial charge in [0.05, 0.1) is 0 Å². The van der Waals surface area contributed by atoms with Crippen molar-refractivity contribution in [2.45, 2.75) is 32.3 Å². The molecule has 3 aromatic rings. The molecule has 216 valence electrons. The molecule has 0 saturated carbocycles. The van der Waals surface area contributed by atoms with Crippen LogP contribution in [0.3, 0.4) is 0 Å². The molecule has 0 bridgehead atoms. The van der Waals surface area contributed by atoms with Gasteiger partial charge in [-0.3, -0.25) is 24.3 Å². The number of aliphatic hydroxyl groups excluding tert-OH is 1. The summed E-state index contributed by atoms with van der Waals surface area (Å²) in [5.74, 6) is 0.841. The van der Waals surface area contributed by atoms with E-state index in [1.807, 2.05) is 54.6 Å². The minimum Gasteiger partial charge on any atom is -0.491 e. The van der Waals surface area contributed by atoms with E-state index in [4.69, 9.17) is 4.74 Å². The van der Waals surface area contributed by atoms with Crippen molar-refractivity contribution in [2.75, 3.05) is 52.4 Å². The van der Waals surface area contributed by atoms with Gasteiger partial charge >= 0.3 is 0 Å². The molecule has 2 unspecified atom stereocenters. The lowest BCUT2D eigenvalue weighted by Gasteiger charge is -2.36. The maximum absolute atomic E-state index is 13.1. The molecule has 0 aliphatic carbocycles. The zero-order chi connectivity index (χ0) is 26.6. The van der Waals surface area contributed by atoms with Gasteiger partial charge in [-0.15, -0.1) is 24.8 Å². The first kappa shape index (κ1) is 31.8. The van der Waals surface area contributed by atoms with E-state index in [2.05, 4.69) is 29.7 Å². The molecule has 5 rings (SSSR count). The first-order valence-electron chi connectivity index (χ1n) is 13.7. The highest BCUT2D eigenvalue weighted by molar-refractivity contribution is 6.25. The molecule has 2 aliphatic rings. The van der Waals surface area contributed by atoms with Crippen molar-refractivity contribution in [1.29, 1.82) is 0 Å². The van der Waals surface area contributed by atoms with Crippen molar-refractivity contribution < 1.29 is 19.4 Å². The zero-order valence-corrected chi connectivity index (χ0v) is 24.8. The number of ether oxygens (including phenoxy) is 1.